The minimum absolute atomic E-state index is 1.15. The van der Waals surface area contributed by atoms with Crippen LogP contribution in [0.4, 0.5) is 26.3 Å². The molecule has 0 N–H and O–H groups in total. The Morgan fingerprint density at radius 2 is 1.50 bits per heavy atom. The fourth-order valence-electron chi connectivity index (χ4n) is 0.575. The molecule has 0 aromatic rings. The van der Waals surface area contributed by atoms with E-state index in [-0.39, 0.29) is 0 Å². The number of alkyl halides is 6. The number of rotatable bonds is 1. The van der Waals surface area contributed by atoms with Crippen LogP contribution in [0, 0.1) is 5.92 Å². The van der Waals surface area contributed by atoms with Crippen LogP contribution in [0.1, 0.15) is 0 Å². The molecular weight excluding hydrogens is 236 g/mol. The van der Waals surface area contributed by atoms with Crippen LogP contribution in [0.2, 0.25) is 0 Å². The van der Waals surface area contributed by atoms with Crippen molar-refractivity contribution in [1.29, 1.82) is 0 Å². The van der Waals surface area contributed by atoms with Crippen LogP contribution in [0.5, 0.6) is 0 Å². The second-order valence-corrected chi connectivity index (χ2v) is 2.24. The summed E-state index contributed by atoms with van der Waals surface area (Å²) in [6.07, 6.45) is -11.5. The first-order chi connectivity index (χ1) is 6.10. The van der Waals surface area contributed by atoms with Crippen LogP contribution in [-0.2, 0) is 4.79 Å². The maximum atomic E-state index is 11.7. The molecule has 14 heavy (non-hydrogen) atoms. The molecule has 80 valence electrons. The van der Waals surface area contributed by atoms with Crippen molar-refractivity contribution < 1.29 is 31.1 Å². The summed E-state index contributed by atoms with van der Waals surface area (Å²) in [5.74, 6) is -6.55. The molecule has 0 rings (SSSR count). The highest BCUT2D eigenvalue weighted by molar-refractivity contribution is 7.78. The van der Waals surface area contributed by atoms with Crippen LogP contribution in [-0.4, -0.2) is 23.4 Å². The van der Waals surface area contributed by atoms with Gasteiger partial charge in [0.2, 0.25) is 5.92 Å². The number of halogens is 6. The molecular formula is C5HF6NOS. The second-order valence-electron chi connectivity index (χ2n) is 2.06. The first-order valence-electron chi connectivity index (χ1n) is 2.86. The Morgan fingerprint density at radius 1 is 1.14 bits per heavy atom. The summed E-state index contributed by atoms with van der Waals surface area (Å²) >= 11 is 3.72. The Balaban J connectivity index is 5.13. The molecule has 0 saturated heterocycles. The monoisotopic (exact) mass is 237 g/mol. The van der Waals surface area contributed by atoms with Gasteiger partial charge < -0.3 is 0 Å². The van der Waals surface area contributed by atoms with Gasteiger partial charge in [-0.25, -0.2) is 0 Å². The second kappa shape index (κ2) is 4.05. The van der Waals surface area contributed by atoms with E-state index >= 15 is 0 Å². The molecule has 0 aliphatic rings. The smallest absolute Gasteiger partial charge is 0.271 e. The predicted molar refractivity (Wildman–Crippen MR) is 35.6 cm³/mol. The molecule has 2 nitrogen and oxygen atoms in total. The van der Waals surface area contributed by atoms with Gasteiger partial charge in [0.1, 0.15) is 0 Å². The highest BCUT2D eigenvalue weighted by atomic mass is 32.1. The summed E-state index contributed by atoms with van der Waals surface area (Å²) in [5.41, 5.74) is 0. The van der Waals surface area contributed by atoms with Crippen molar-refractivity contribution in [3.63, 3.8) is 0 Å². The van der Waals surface area contributed by atoms with Gasteiger partial charge >= 0.3 is 12.4 Å². The normalized spacial score (nSPS) is 12.5. The summed E-state index contributed by atoms with van der Waals surface area (Å²) < 4.78 is 70.4. The van der Waals surface area contributed by atoms with Crippen molar-refractivity contribution in [3.8, 4) is 0 Å². The van der Waals surface area contributed by atoms with Gasteiger partial charge in [0.05, 0.1) is 5.16 Å². The summed E-state index contributed by atoms with van der Waals surface area (Å²) in [5, 5.41) is 1.15. The number of hydrogen-bond acceptors (Lipinski definition) is 2. The predicted octanol–water partition coefficient (Wildman–Crippen LogP) is 2.36. The van der Waals surface area contributed by atoms with E-state index < -0.39 is 24.2 Å². The minimum Gasteiger partial charge on any atom is -0.271 e. The van der Waals surface area contributed by atoms with E-state index in [2.05, 4.69) is 17.2 Å². The Morgan fingerprint density at radius 3 is 1.71 bits per heavy atom. The van der Waals surface area contributed by atoms with Crippen molar-refractivity contribution in [3.05, 3.63) is 0 Å². The molecule has 0 aromatic carbocycles. The van der Waals surface area contributed by atoms with Crippen LogP contribution in [0.3, 0.4) is 0 Å². The number of carbonyl (C=O) groups is 1. The van der Waals surface area contributed by atoms with Crippen LogP contribution >= 0.6 is 12.2 Å². The maximum Gasteiger partial charge on any atom is 0.409 e. The van der Waals surface area contributed by atoms with Crippen molar-refractivity contribution >= 4 is 23.3 Å². The molecule has 1 amide bonds. The van der Waals surface area contributed by atoms with Crippen LogP contribution < -0.4 is 0 Å². The summed E-state index contributed by atoms with van der Waals surface area (Å²) in [7, 11) is 0. The van der Waals surface area contributed by atoms with Gasteiger partial charge in [-0.2, -0.15) is 31.3 Å². The lowest BCUT2D eigenvalue weighted by atomic mass is 10.1. The molecule has 0 aliphatic carbocycles. The third-order valence-corrected chi connectivity index (χ3v) is 1.15. The van der Waals surface area contributed by atoms with E-state index in [1.54, 1.807) is 0 Å². The molecule has 0 radical (unpaired) electrons. The number of nitrogens with zero attached hydrogens (tertiary/aromatic N) is 1. The molecule has 0 saturated carbocycles. The fourth-order valence-corrected chi connectivity index (χ4v) is 0.665. The van der Waals surface area contributed by atoms with Crippen molar-refractivity contribution in [2.45, 2.75) is 12.4 Å². The fraction of sp³-hybridized carbons (Fsp3) is 0.600. The summed E-state index contributed by atoms with van der Waals surface area (Å²) in [4.78, 5) is 12.4. The van der Waals surface area contributed by atoms with Gasteiger partial charge in [-0.3, -0.25) is 4.79 Å². The number of isothiocyanates is 1. The maximum absolute atomic E-state index is 11.7. The SMILES string of the molecule is O=C(N=C=S)C(C(F)(F)F)C(F)(F)F. The van der Waals surface area contributed by atoms with Crippen LogP contribution in [0.25, 0.3) is 0 Å². The van der Waals surface area contributed by atoms with Crippen molar-refractivity contribution in [1.82, 2.24) is 0 Å². The molecule has 0 bridgehead atoms. The lowest BCUT2D eigenvalue weighted by molar-refractivity contribution is -0.273. The van der Waals surface area contributed by atoms with E-state index in [0.29, 0.717) is 0 Å². The van der Waals surface area contributed by atoms with Gasteiger partial charge in [-0.05, 0) is 12.2 Å². The molecule has 0 fully saturated rings. The summed E-state index contributed by atoms with van der Waals surface area (Å²) in [6, 6.07) is 0. The molecule has 9 heteroatoms. The minimum atomic E-state index is -5.73. The van der Waals surface area contributed by atoms with Gasteiger partial charge in [0, 0.05) is 0 Å². The Kier molecular flexibility index (Phi) is 3.78. The average Bonchev–Trinajstić information content (AvgIpc) is 1.78. The molecule has 0 heterocycles. The molecule has 0 aliphatic heterocycles. The van der Waals surface area contributed by atoms with E-state index in [9.17, 15) is 31.1 Å². The Hall–Kier alpha value is -0.950. The third kappa shape index (κ3) is 3.43. The van der Waals surface area contributed by atoms with Gasteiger partial charge in [-0.15, -0.1) is 0 Å². The quantitative estimate of drug-likeness (QED) is 0.398. The highest BCUT2D eigenvalue weighted by Gasteiger charge is 2.61. The standard InChI is InChI=1S/C5HF6NOS/c6-4(7,8)2(5(9,10)11)3(13)12-1-14/h2H. The van der Waals surface area contributed by atoms with Crippen molar-refractivity contribution in [2.75, 3.05) is 0 Å². The van der Waals surface area contributed by atoms with Gasteiger partial charge in [-0.1, -0.05) is 0 Å². The van der Waals surface area contributed by atoms with Crippen molar-refractivity contribution in [2.24, 2.45) is 10.9 Å². The number of carbonyl (C=O) groups excluding carboxylic acids is 1. The van der Waals surface area contributed by atoms with E-state index in [0.717, 1.165) is 5.16 Å². The molecule has 0 atom stereocenters. The lowest BCUT2D eigenvalue weighted by Gasteiger charge is -2.18. The van der Waals surface area contributed by atoms with E-state index in [4.69, 9.17) is 0 Å². The third-order valence-electron chi connectivity index (χ3n) is 1.06. The summed E-state index contributed by atoms with van der Waals surface area (Å²) in [6.45, 7) is 0. The van der Waals surface area contributed by atoms with E-state index in [1.807, 2.05) is 0 Å². The van der Waals surface area contributed by atoms with E-state index in [1.165, 1.54) is 0 Å². The molecule has 0 aromatic heterocycles. The first kappa shape index (κ1) is 13.0. The Bertz CT molecular complexity index is 261. The zero-order valence-electron chi connectivity index (χ0n) is 6.11. The first-order valence-corrected chi connectivity index (χ1v) is 3.26. The zero-order valence-corrected chi connectivity index (χ0v) is 6.93. The van der Waals surface area contributed by atoms with Crippen LogP contribution in [0.15, 0.2) is 4.99 Å². The van der Waals surface area contributed by atoms with Gasteiger partial charge in [0.25, 0.3) is 5.91 Å². The average molecular weight is 237 g/mol. The zero-order chi connectivity index (χ0) is 11.6. The molecule has 0 unspecified atom stereocenters. The van der Waals surface area contributed by atoms with Gasteiger partial charge in [0.15, 0.2) is 0 Å². The largest absolute Gasteiger partial charge is 0.409 e. The lowest BCUT2D eigenvalue weighted by Crippen LogP contribution is -2.41. The molecule has 0 spiro atoms. The highest BCUT2D eigenvalue weighted by Crippen LogP contribution is 2.39. The number of amides is 1. The topological polar surface area (TPSA) is 29.4 Å². The number of aliphatic imine (C=N–C) groups is 1. The Labute approximate surface area is 78.6 Å². The number of thiocarbonyl (C=S) groups is 1. The number of hydrogen-bond donors (Lipinski definition) is 0.